The maximum Gasteiger partial charge on any atom is 0.274 e. The van der Waals surface area contributed by atoms with Gasteiger partial charge in [-0.1, -0.05) is 0 Å². The molecule has 0 amide bonds. The molecule has 6 nitrogen and oxygen atoms in total. The Morgan fingerprint density at radius 2 is 2.10 bits per heavy atom. The summed E-state index contributed by atoms with van der Waals surface area (Å²) in [4.78, 5) is 0. The van der Waals surface area contributed by atoms with Gasteiger partial charge in [0.25, 0.3) is 10.2 Å². The Labute approximate surface area is 59.3 Å². The fourth-order valence-electron chi connectivity index (χ4n) is 0.328. The number of nitrogens with two attached hydrogens (primary N) is 2. The molecule has 0 fully saturated rings. The minimum atomic E-state index is -3.62. The first-order valence-corrected chi connectivity index (χ1v) is 4.07. The van der Waals surface area contributed by atoms with Gasteiger partial charge in [0.1, 0.15) is 0 Å². The lowest BCUT2D eigenvalue weighted by Gasteiger charge is -1.98. The van der Waals surface area contributed by atoms with Crippen molar-refractivity contribution in [1.29, 1.82) is 5.41 Å². The summed E-state index contributed by atoms with van der Waals surface area (Å²) in [6.07, 6.45) is 0.177. The molecule has 0 aromatic rings. The molecule has 0 saturated carbocycles. The van der Waals surface area contributed by atoms with Crippen molar-refractivity contribution in [3.05, 3.63) is 0 Å². The van der Waals surface area contributed by atoms with Crippen LogP contribution in [0.4, 0.5) is 0 Å². The highest BCUT2D eigenvalue weighted by molar-refractivity contribution is 7.87. The quantitative estimate of drug-likeness (QED) is 0.288. The molecule has 0 aliphatic rings. The van der Waals surface area contributed by atoms with Gasteiger partial charge in [-0.25, -0.2) is 9.86 Å². The van der Waals surface area contributed by atoms with E-state index in [1.54, 1.807) is 0 Å². The Balaban J connectivity index is 3.49. The van der Waals surface area contributed by atoms with Gasteiger partial charge in [0.15, 0.2) is 0 Å². The minimum Gasteiger partial charge on any atom is -0.388 e. The van der Waals surface area contributed by atoms with Crippen molar-refractivity contribution in [3.8, 4) is 0 Å². The summed E-state index contributed by atoms with van der Waals surface area (Å²) in [5.74, 6) is -0.0730. The van der Waals surface area contributed by atoms with Gasteiger partial charge in [-0.3, -0.25) is 5.41 Å². The van der Waals surface area contributed by atoms with Crippen LogP contribution in [0.2, 0.25) is 0 Å². The van der Waals surface area contributed by atoms with E-state index in [-0.39, 0.29) is 18.8 Å². The van der Waals surface area contributed by atoms with Crippen LogP contribution < -0.4 is 15.6 Å². The van der Waals surface area contributed by atoms with E-state index in [9.17, 15) is 8.42 Å². The van der Waals surface area contributed by atoms with Crippen LogP contribution in [0.1, 0.15) is 6.42 Å². The molecule has 6 N–H and O–H groups in total. The third-order valence-corrected chi connectivity index (χ3v) is 1.30. The number of amidine groups is 1. The zero-order valence-electron chi connectivity index (χ0n) is 5.29. The molecule has 0 aliphatic heterocycles. The largest absolute Gasteiger partial charge is 0.388 e. The normalized spacial score (nSPS) is 11.3. The summed E-state index contributed by atoms with van der Waals surface area (Å²) in [6, 6.07) is 0. The predicted octanol–water partition coefficient (Wildman–Crippen LogP) is -1.89. The second kappa shape index (κ2) is 3.49. The van der Waals surface area contributed by atoms with Crippen molar-refractivity contribution in [1.82, 2.24) is 4.72 Å². The summed E-state index contributed by atoms with van der Waals surface area (Å²) in [5.41, 5.74) is 4.93. The van der Waals surface area contributed by atoms with E-state index in [2.05, 4.69) is 5.14 Å². The van der Waals surface area contributed by atoms with Gasteiger partial charge in [-0.2, -0.15) is 8.42 Å². The van der Waals surface area contributed by atoms with Crippen molar-refractivity contribution < 1.29 is 8.42 Å². The highest BCUT2D eigenvalue weighted by atomic mass is 32.2. The SMILES string of the molecule is N=C(N)CCNS(N)(=O)=O. The zero-order chi connectivity index (χ0) is 8.20. The summed E-state index contributed by atoms with van der Waals surface area (Å²) in [6.45, 7) is 0.0775. The van der Waals surface area contributed by atoms with Crippen LogP contribution in [0.25, 0.3) is 0 Å². The first-order chi connectivity index (χ1) is 4.42. The van der Waals surface area contributed by atoms with E-state index in [0.717, 1.165) is 0 Å². The van der Waals surface area contributed by atoms with E-state index in [4.69, 9.17) is 11.1 Å². The summed E-state index contributed by atoms with van der Waals surface area (Å²) in [7, 11) is -3.62. The molecule has 0 bridgehead atoms. The smallest absolute Gasteiger partial charge is 0.274 e. The van der Waals surface area contributed by atoms with Crippen LogP contribution in [-0.2, 0) is 10.2 Å². The average Bonchev–Trinajstić information content (AvgIpc) is 1.59. The van der Waals surface area contributed by atoms with Crippen LogP contribution in [0.15, 0.2) is 0 Å². The lowest BCUT2D eigenvalue weighted by atomic mass is 10.4. The van der Waals surface area contributed by atoms with Crippen LogP contribution in [0.5, 0.6) is 0 Å². The standard InChI is InChI=1S/C3H10N4O2S/c4-3(5)1-2-7-10(6,8)9/h7H,1-2H2,(H3,4,5)(H2,6,8,9). The monoisotopic (exact) mass is 166 g/mol. The fourth-order valence-corrected chi connectivity index (χ4v) is 0.715. The first kappa shape index (κ1) is 9.34. The molecule has 0 atom stereocenters. The number of hydrogen-bond acceptors (Lipinski definition) is 3. The third kappa shape index (κ3) is 7.34. The molecule has 7 heteroatoms. The maximum absolute atomic E-state index is 10.2. The Kier molecular flexibility index (Phi) is 3.26. The van der Waals surface area contributed by atoms with Crippen molar-refractivity contribution in [2.24, 2.45) is 10.9 Å². The third-order valence-electron chi connectivity index (χ3n) is 0.698. The molecule has 10 heavy (non-hydrogen) atoms. The van der Waals surface area contributed by atoms with Crippen molar-refractivity contribution in [2.75, 3.05) is 6.54 Å². The number of hydrogen-bond donors (Lipinski definition) is 4. The van der Waals surface area contributed by atoms with Gasteiger partial charge in [0, 0.05) is 13.0 Å². The topological polar surface area (TPSA) is 122 Å². The molecule has 0 heterocycles. The number of rotatable bonds is 4. The van der Waals surface area contributed by atoms with Crippen molar-refractivity contribution >= 4 is 16.0 Å². The van der Waals surface area contributed by atoms with Crippen LogP contribution in [0.3, 0.4) is 0 Å². The molecular weight excluding hydrogens is 156 g/mol. The molecule has 60 valence electrons. The summed E-state index contributed by atoms with van der Waals surface area (Å²) < 4.78 is 22.3. The van der Waals surface area contributed by atoms with Gasteiger partial charge in [0.05, 0.1) is 5.84 Å². The van der Waals surface area contributed by atoms with E-state index in [0.29, 0.717) is 0 Å². The van der Waals surface area contributed by atoms with E-state index in [1.807, 2.05) is 4.72 Å². The first-order valence-electron chi connectivity index (χ1n) is 2.52. The second-order valence-electron chi connectivity index (χ2n) is 1.71. The maximum atomic E-state index is 10.2. The Bertz CT molecular complexity index is 209. The lowest BCUT2D eigenvalue weighted by molar-refractivity contribution is 0.584. The van der Waals surface area contributed by atoms with Crippen LogP contribution in [0, 0.1) is 5.41 Å². The van der Waals surface area contributed by atoms with E-state index >= 15 is 0 Å². The molecule has 0 aromatic carbocycles. The van der Waals surface area contributed by atoms with Crippen LogP contribution in [-0.4, -0.2) is 20.8 Å². The van der Waals surface area contributed by atoms with Crippen LogP contribution >= 0.6 is 0 Å². The lowest BCUT2D eigenvalue weighted by Crippen LogP contribution is -2.33. The molecule has 0 aromatic heterocycles. The van der Waals surface area contributed by atoms with E-state index in [1.165, 1.54) is 0 Å². The molecule has 0 spiro atoms. The molecule has 0 saturated heterocycles. The molecule has 0 unspecified atom stereocenters. The van der Waals surface area contributed by atoms with Crippen molar-refractivity contribution in [3.63, 3.8) is 0 Å². The fraction of sp³-hybridized carbons (Fsp3) is 0.667. The summed E-state index contributed by atoms with van der Waals surface area (Å²) in [5, 5.41) is 11.3. The van der Waals surface area contributed by atoms with E-state index < -0.39 is 10.2 Å². The molecule has 0 aliphatic carbocycles. The Hall–Kier alpha value is -0.660. The highest BCUT2D eigenvalue weighted by Crippen LogP contribution is 1.74. The van der Waals surface area contributed by atoms with Gasteiger partial charge < -0.3 is 5.73 Å². The highest BCUT2D eigenvalue weighted by Gasteiger charge is 1.98. The van der Waals surface area contributed by atoms with Gasteiger partial charge in [-0.05, 0) is 0 Å². The minimum absolute atomic E-state index is 0.0730. The zero-order valence-corrected chi connectivity index (χ0v) is 6.11. The second-order valence-corrected chi connectivity index (χ2v) is 3.09. The Morgan fingerprint density at radius 1 is 1.60 bits per heavy atom. The predicted molar refractivity (Wildman–Crippen MR) is 37.6 cm³/mol. The number of nitrogens with one attached hydrogen (secondary N) is 2. The summed E-state index contributed by atoms with van der Waals surface area (Å²) >= 11 is 0. The Morgan fingerprint density at radius 3 is 2.40 bits per heavy atom. The molecule has 0 radical (unpaired) electrons. The molecule has 0 rings (SSSR count). The van der Waals surface area contributed by atoms with Crippen molar-refractivity contribution in [2.45, 2.75) is 6.42 Å². The van der Waals surface area contributed by atoms with Gasteiger partial charge in [-0.15, -0.1) is 0 Å². The van der Waals surface area contributed by atoms with Gasteiger partial charge in [0.2, 0.25) is 0 Å². The average molecular weight is 166 g/mol. The van der Waals surface area contributed by atoms with Gasteiger partial charge >= 0.3 is 0 Å². The molecular formula is C3H10N4O2S.